The summed E-state index contributed by atoms with van der Waals surface area (Å²) in [5.41, 5.74) is 1.20. The molecule has 0 atom stereocenters. The van der Waals surface area contributed by atoms with Crippen molar-refractivity contribution in [1.82, 2.24) is 15.2 Å². The van der Waals surface area contributed by atoms with Crippen molar-refractivity contribution in [3.8, 4) is 0 Å². The van der Waals surface area contributed by atoms with Crippen LogP contribution >= 0.6 is 11.3 Å². The lowest BCUT2D eigenvalue weighted by molar-refractivity contribution is 0.401. The topological polar surface area (TPSA) is 28.2 Å². The van der Waals surface area contributed by atoms with Crippen LogP contribution in [0.25, 0.3) is 0 Å². The van der Waals surface area contributed by atoms with E-state index in [1.165, 1.54) is 28.4 Å². The summed E-state index contributed by atoms with van der Waals surface area (Å²) in [6.07, 6.45) is 2.70. The van der Waals surface area contributed by atoms with Gasteiger partial charge >= 0.3 is 0 Å². The molecule has 0 saturated heterocycles. The van der Waals surface area contributed by atoms with Crippen LogP contribution in [0.5, 0.6) is 0 Å². The predicted octanol–water partition coefficient (Wildman–Crippen LogP) is 1.77. The van der Waals surface area contributed by atoms with Crippen molar-refractivity contribution in [1.29, 1.82) is 0 Å². The Morgan fingerprint density at radius 2 is 2.20 bits per heavy atom. The number of hydrogen-bond acceptors (Lipinski definition) is 4. The minimum Gasteiger partial charge on any atom is -0.309 e. The van der Waals surface area contributed by atoms with Gasteiger partial charge in [-0.25, -0.2) is 4.98 Å². The molecule has 2 rings (SSSR count). The molecule has 0 unspecified atom stereocenters. The molecule has 0 spiro atoms. The Hall–Kier alpha value is -0.450. The van der Waals surface area contributed by atoms with E-state index in [1.807, 2.05) is 11.3 Å². The van der Waals surface area contributed by atoms with Crippen LogP contribution in [0.2, 0.25) is 0 Å². The molecule has 1 aliphatic rings. The Balaban J connectivity index is 1.93. The van der Waals surface area contributed by atoms with Crippen LogP contribution in [0.1, 0.15) is 28.4 Å². The molecule has 0 amide bonds. The fourth-order valence-corrected chi connectivity index (χ4v) is 2.65. The lowest BCUT2D eigenvalue weighted by Crippen LogP contribution is -2.14. The van der Waals surface area contributed by atoms with Crippen LogP contribution in [-0.2, 0) is 13.1 Å². The molecule has 4 heteroatoms. The van der Waals surface area contributed by atoms with Crippen molar-refractivity contribution in [2.75, 3.05) is 14.1 Å². The molecule has 3 nitrogen and oxygen atoms in total. The Kier molecular flexibility index (Phi) is 3.38. The quantitative estimate of drug-likeness (QED) is 0.827. The van der Waals surface area contributed by atoms with Gasteiger partial charge in [0, 0.05) is 24.0 Å². The van der Waals surface area contributed by atoms with Gasteiger partial charge in [-0.2, -0.15) is 0 Å². The van der Waals surface area contributed by atoms with Gasteiger partial charge in [-0.15, -0.1) is 11.3 Å². The molecule has 1 aromatic rings. The number of aromatic nitrogens is 1. The number of nitrogens with zero attached hydrogens (tertiary/aromatic N) is 2. The molecule has 15 heavy (non-hydrogen) atoms. The monoisotopic (exact) mass is 225 g/mol. The van der Waals surface area contributed by atoms with E-state index in [2.05, 4.69) is 36.2 Å². The lowest BCUT2D eigenvalue weighted by Gasteiger charge is -2.04. The van der Waals surface area contributed by atoms with E-state index < -0.39 is 0 Å². The summed E-state index contributed by atoms with van der Waals surface area (Å²) in [5, 5.41) is 4.76. The summed E-state index contributed by atoms with van der Waals surface area (Å²) in [6.45, 7) is 4.07. The van der Waals surface area contributed by atoms with E-state index in [1.54, 1.807) is 0 Å². The molecule has 0 aliphatic heterocycles. The first kappa shape index (κ1) is 11.0. The van der Waals surface area contributed by atoms with Gasteiger partial charge in [0.2, 0.25) is 0 Å². The fourth-order valence-electron chi connectivity index (χ4n) is 1.51. The minimum absolute atomic E-state index is 0.781. The van der Waals surface area contributed by atoms with Crippen LogP contribution in [0.15, 0.2) is 0 Å². The molecule has 1 heterocycles. The Morgan fingerprint density at radius 1 is 1.47 bits per heavy atom. The first-order valence-electron chi connectivity index (χ1n) is 5.48. The largest absolute Gasteiger partial charge is 0.309 e. The number of rotatable bonds is 5. The van der Waals surface area contributed by atoms with Crippen molar-refractivity contribution in [2.24, 2.45) is 0 Å². The van der Waals surface area contributed by atoms with Crippen molar-refractivity contribution in [3.63, 3.8) is 0 Å². The summed E-state index contributed by atoms with van der Waals surface area (Å²) in [4.78, 5) is 8.15. The maximum absolute atomic E-state index is 4.59. The average molecular weight is 225 g/mol. The zero-order valence-corrected chi connectivity index (χ0v) is 10.5. The van der Waals surface area contributed by atoms with Crippen LogP contribution in [0, 0.1) is 6.92 Å². The molecule has 1 aromatic heterocycles. The highest BCUT2D eigenvalue weighted by atomic mass is 32.1. The number of thiazole rings is 1. The Morgan fingerprint density at radius 3 is 2.80 bits per heavy atom. The van der Waals surface area contributed by atoms with E-state index in [-0.39, 0.29) is 0 Å². The Labute approximate surface area is 95.5 Å². The summed E-state index contributed by atoms with van der Waals surface area (Å²) >= 11 is 1.84. The predicted molar refractivity (Wildman–Crippen MR) is 64.1 cm³/mol. The summed E-state index contributed by atoms with van der Waals surface area (Å²) < 4.78 is 0. The highest BCUT2D eigenvalue weighted by Crippen LogP contribution is 2.22. The van der Waals surface area contributed by atoms with Crippen LogP contribution < -0.4 is 5.32 Å². The third kappa shape index (κ3) is 3.26. The third-order valence-corrected chi connectivity index (χ3v) is 3.66. The van der Waals surface area contributed by atoms with Crippen molar-refractivity contribution in [2.45, 2.75) is 38.9 Å². The molecular formula is C11H19N3S. The second-order valence-electron chi connectivity index (χ2n) is 4.51. The van der Waals surface area contributed by atoms with Gasteiger partial charge in [0.15, 0.2) is 0 Å². The standard InChI is InChI=1S/C11H19N3S/c1-8-10(6-12-9-4-5-9)15-11(13-8)7-14(2)3/h9,12H,4-7H2,1-3H3. The van der Waals surface area contributed by atoms with Gasteiger partial charge in [0.1, 0.15) is 5.01 Å². The van der Waals surface area contributed by atoms with E-state index in [0.29, 0.717) is 0 Å². The molecule has 1 aliphatic carbocycles. The maximum Gasteiger partial charge on any atom is 0.107 e. The summed E-state index contributed by atoms with van der Waals surface area (Å²) in [7, 11) is 4.16. The molecular weight excluding hydrogens is 206 g/mol. The molecule has 0 radical (unpaired) electrons. The zero-order valence-electron chi connectivity index (χ0n) is 9.71. The number of hydrogen-bond donors (Lipinski definition) is 1. The normalized spacial score (nSPS) is 16.3. The average Bonchev–Trinajstić information content (AvgIpc) is 2.89. The highest BCUT2D eigenvalue weighted by molar-refractivity contribution is 7.11. The van der Waals surface area contributed by atoms with E-state index in [9.17, 15) is 0 Å². The van der Waals surface area contributed by atoms with Crippen LogP contribution in [0.3, 0.4) is 0 Å². The smallest absolute Gasteiger partial charge is 0.107 e. The second kappa shape index (κ2) is 4.60. The van der Waals surface area contributed by atoms with Crippen molar-refractivity contribution < 1.29 is 0 Å². The van der Waals surface area contributed by atoms with E-state index in [4.69, 9.17) is 0 Å². The molecule has 1 N–H and O–H groups in total. The van der Waals surface area contributed by atoms with Gasteiger partial charge in [-0.05, 0) is 33.9 Å². The first-order chi connectivity index (χ1) is 7.15. The number of nitrogens with one attached hydrogen (secondary N) is 1. The van der Waals surface area contributed by atoms with Crippen molar-refractivity contribution in [3.05, 3.63) is 15.6 Å². The molecule has 0 bridgehead atoms. The fraction of sp³-hybridized carbons (Fsp3) is 0.727. The maximum atomic E-state index is 4.59. The molecule has 1 fully saturated rings. The second-order valence-corrected chi connectivity index (χ2v) is 5.68. The van der Waals surface area contributed by atoms with Crippen molar-refractivity contribution >= 4 is 11.3 Å². The third-order valence-electron chi connectivity index (χ3n) is 2.52. The highest BCUT2D eigenvalue weighted by Gasteiger charge is 2.20. The zero-order chi connectivity index (χ0) is 10.8. The SMILES string of the molecule is Cc1nc(CN(C)C)sc1CNC1CC1. The van der Waals surface area contributed by atoms with E-state index >= 15 is 0 Å². The Bertz CT molecular complexity index is 329. The first-order valence-corrected chi connectivity index (χ1v) is 6.30. The van der Waals surface area contributed by atoms with Crippen LogP contribution in [-0.4, -0.2) is 30.0 Å². The summed E-state index contributed by atoms with van der Waals surface area (Å²) in [6, 6.07) is 0.781. The van der Waals surface area contributed by atoms with E-state index in [0.717, 1.165) is 19.1 Å². The number of aryl methyl sites for hydroxylation is 1. The molecule has 0 aromatic carbocycles. The molecule has 1 saturated carbocycles. The van der Waals surface area contributed by atoms with Crippen LogP contribution in [0.4, 0.5) is 0 Å². The van der Waals surface area contributed by atoms with Gasteiger partial charge in [0.25, 0.3) is 0 Å². The van der Waals surface area contributed by atoms with Gasteiger partial charge in [-0.1, -0.05) is 0 Å². The molecule has 84 valence electrons. The summed E-state index contributed by atoms with van der Waals surface area (Å²) in [5.74, 6) is 0. The lowest BCUT2D eigenvalue weighted by atomic mass is 10.4. The van der Waals surface area contributed by atoms with Gasteiger partial charge < -0.3 is 10.2 Å². The minimum atomic E-state index is 0.781. The van der Waals surface area contributed by atoms with Gasteiger partial charge in [-0.3, -0.25) is 0 Å². The van der Waals surface area contributed by atoms with Gasteiger partial charge in [0.05, 0.1) is 5.69 Å².